The molecule has 0 radical (unpaired) electrons. The lowest BCUT2D eigenvalue weighted by atomic mass is 9.86. The number of aromatic nitrogens is 1. The number of likely N-dealkylation sites (N-methyl/N-ethyl adjacent to an activating group) is 1. The summed E-state index contributed by atoms with van der Waals surface area (Å²) in [4.78, 5) is 21.7. The Balaban J connectivity index is 1.90. The quantitative estimate of drug-likeness (QED) is 0.774. The fourth-order valence-electron chi connectivity index (χ4n) is 3.81. The van der Waals surface area contributed by atoms with Crippen molar-refractivity contribution in [1.82, 2.24) is 14.8 Å². The van der Waals surface area contributed by atoms with Gasteiger partial charge in [0.25, 0.3) is 0 Å². The number of halogens is 3. The van der Waals surface area contributed by atoms with Crippen LogP contribution in [0.3, 0.4) is 0 Å². The Hall–Kier alpha value is -1.83. The van der Waals surface area contributed by atoms with Crippen molar-refractivity contribution in [2.75, 3.05) is 45.2 Å². The molecule has 0 unspecified atom stereocenters. The summed E-state index contributed by atoms with van der Waals surface area (Å²) in [5, 5.41) is 0. The van der Waals surface area contributed by atoms with Gasteiger partial charge < -0.3 is 9.80 Å². The van der Waals surface area contributed by atoms with Crippen LogP contribution in [-0.4, -0.2) is 66.5 Å². The lowest BCUT2D eigenvalue weighted by molar-refractivity contribution is -0.137. The molecule has 2 aliphatic heterocycles. The molecule has 2 aliphatic rings. The minimum atomic E-state index is -4.43. The molecule has 138 valence electrons. The van der Waals surface area contributed by atoms with E-state index in [1.807, 2.05) is 7.05 Å². The van der Waals surface area contributed by atoms with Gasteiger partial charge in [0.15, 0.2) is 0 Å². The molecule has 0 aromatic carbocycles. The fraction of sp³-hybridized carbons (Fsp3) is 0.647. The van der Waals surface area contributed by atoms with Gasteiger partial charge in [-0.1, -0.05) is 0 Å². The van der Waals surface area contributed by atoms with Gasteiger partial charge in [0.2, 0.25) is 5.91 Å². The number of likely N-dealkylation sites (tertiary alicyclic amines) is 1. The van der Waals surface area contributed by atoms with Crippen molar-refractivity contribution in [2.45, 2.75) is 31.0 Å². The number of pyridine rings is 1. The number of alkyl halides is 3. The van der Waals surface area contributed by atoms with Crippen LogP contribution in [-0.2, 0) is 11.0 Å². The van der Waals surface area contributed by atoms with Gasteiger partial charge in [0, 0.05) is 51.4 Å². The highest BCUT2D eigenvalue weighted by Gasteiger charge is 2.44. The van der Waals surface area contributed by atoms with Crippen LogP contribution in [0, 0.1) is 0 Å². The van der Waals surface area contributed by atoms with Gasteiger partial charge in [-0.25, -0.2) is 4.98 Å². The maximum absolute atomic E-state index is 13.4. The van der Waals surface area contributed by atoms with E-state index in [1.54, 1.807) is 16.8 Å². The zero-order valence-electron chi connectivity index (χ0n) is 14.5. The molecule has 8 heteroatoms. The lowest BCUT2D eigenvalue weighted by Gasteiger charge is -2.50. The number of anilines is 1. The smallest absolute Gasteiger partial charge is 0.353 e. The van der Waals surface area contributed by atoms with Gasteiger partial charge in [-0.3, -0.25) is 9.69 Å². The van der Waals surface area contributed by atoms with Gasteiger partial charge in [0.1, 0.15) is 5.82 Å². The third kappa shape index (κ3) is 3.44. The monoisotopic (exact) mass is 356 g/mol. The van der Waals surface area contributed by atoms with E-state index in [9.17, 15) is 18.0 Å². The average molecular weight is 356 g/mol. The number of amides is 1. The molecule has 1 aromatic heterocycles. The zero-order chi connectivity index (χ0) is 18.2. The summed E-state index contributed by atoms with van der Waals surface area (Å²) >= 11 is 0. The third-order valence-electron chi connectivity index (χ3n) is 5.53. The summed E-state index contributed by atoms with van der Waals surface area (Å²) in [7, 11) is 3.78. The van der Waals surface area contributed by atoms with Crippen LogP contribution in [0.4, 0.5) is 19.0 Å². The first kappa shape index (κ1) is 18.0. The Kier molecular flexibility index (Phi) is 4.66. The van der Waals surface area contributed by atoms with Crippen LogP contribution < -0.4 is 4.90 Å². The van der Waals surface area contributed by atoms with Crippen LogP contribution in [0.1, 0.15) is 24.8 Å². The van der Waals surface area contributed by atoms with E-state index in [0.29, 0.717) is 39.0 Å². The largest absolute Gasteiger partial charge is 0.419 e. The standard InChI is InChI=1S/C17H23F3N4O/c1-22-9-7-16(6-5-14(22)25)12-24(11-10-23(16)2)15-13(17(18,19)20)4-3-8-21-15/h3-4,8H,5-7,9-12H2,1-2H3/t16-/m1/s1. The Morgan fingerprint density at radius 3 is 2.64 bits per heavy atom. The molecular formula is C17H23F3N4O. The van der Waals surface area contributed by atoms with Gasteiger partial charge in [-0.05, 0) is 32.0 Å². The molecule has 3 rings (SSSR count). The number of carbonyl (C=O) groups excluding carboxylic acids is 1. The first-order valence-electron chi connectivity index (χ1n) is 8.45. The third-order valence-corrected chi connectivity index (χ3v) is 5.53. The zero-order valence-corrected chi connectivity index (χ0v) is 14.5. The predicted molar refractivity (Wildman–Crippen MR) is 88.3 cm³/mol. The van der Waals surface area contributed by atoms with Crippen molar-refractivity contribution in [3.63, 3.8) is 0 Å². The second kappa shape index (κ2) is 6.48. The van der Waals surface area contributed by atoms with Crippen LogP contribution >= 0.6 is 0 Å². The molecule has 1 atom stereocenters. The van der Waals surface area contributed by atoms with Crippen molar-refractivity contribution in [2.24, 2.45) is 0 Å². The van der Waals surface area contributed by atoms with Crippen molar-refractivity contribution in [3.05, 3.63) is 23.9 Å². The normalized spacial score (nSPS) is 26.2. The van der Waals surface area contributed by atoms with E-state index in [4.69, 9.17) is 0 Å². The minimum Gasteiger partial charge on any atom is -0.353 e. The minimum absolute atomic E-state index is 0.00796. The molecule has 1 amide bonds. The Morgan fingerprint density at radius 2 is 1.92 bits per heavy atom. The Labute approximate surface area is 145 Å². The highest BCUT2D eigenvalue weighted by molar-refractivity contribution is 5.76. The summed E-state index contributed by atoms with van der Waals surface area (Å²) in [5.41, 5.74) is -1.00. The van der Waals surface area contributed by atoms with Crippen LogP contribution in [0.25, 0.3) is 0 Å². The van der Waals surface area contributed by atoms with E-state index >= 15 is 0 Å². The molecule has 1 aromatic rings. The maximum Gasteiger partial charge on any atom is 0.419 e. The van der Waals surface area contributed by atoms with Crippen molar-refractivity contribution < 1.29 is 18.0 Å². The molecule has 1 spiro atoms. The molecular weight excluding hydrogens is 333 g/mol. The topological polar surface area (TPSA) is 39.7 Å². The summed E-state index contributed by atoms with van der Waals surface area (Å²) in [5.74, 6) is 0.0858. The highest BCUT2D eigenvalue weighted by Crippen LogP contribution is 2.38. The van der Waals surface area contributed by atoms with E-state index in [0.717, 1.165) is 12.5 Å². The van der Waals surface area contributed by atoms with Crippen molar-refractivity contribution in [3.8, 4) is 0 Å². The lowest BCUT2D eigenvalue weighted by Crippen LogP contribution is -2.61. The molecule has 2 fully saturated rings. The molecule has 2 saturated heterocycles. The summed E-state index contributed by atoms with van der Waals surface area (Å²) in [6, 6.07) is 2.40. The number of hydrogen-bond acceptors (Lipinski definition) is 4. The average Bonchev–Trinajstić information content (AvgIpc) is 2.71. The molecule has 5 nitrogen and oxygen atoms in total. The Morgan fingerprint density at radius 1 is 1.16 bits per heavy atom. The van der Waals surface area contributed by atoms with E-state index < -0.39 is 11.7 Å². The first-order valence-corrected chi connectivity index (χ1v) is 8.45. The molecule has 0 aliphatic carbocycles. The van der Waals surface area contributed by atoms with E-state index in [1.165, 1.54) is 12.3 Å². The molecule has 25 heavy (non-hydrogen) atoms. The van der Waals surface area contributed by atoms with Crippen LogP contribution in [0.5, 0.6) is 0 Å². The van der Waals surface area contributed by atoms with Gasteiger partial charge in [-0.15, -0.1) is 0 Å². The first-order chi connectivity index (χ1) is 11.7. The second-order valence-corrected chi connectivity index (χ2v) is 7.01. The summed E-state index contributed by atoms with van der Waals surface area (Å²) in [6.45, 7) is 2.20. The number of rotatable bonds is 1. The molecule has 3 heterocycles. The van der Waals surface area contributed by atoms with Crippen molar-refractivity contribution >= 4 is 11.7 Å². The SMILES string of the molecule is CN1CC[C@]2(CCC1=O)CN(c1ncccc1C(F)(F)F)CCN2C. The molecule has 0 N–H and O–H groups in total. The maximum atomic E-state index is 13.4. The van der Waals surface area contributed by atoms with Gasteiger partial charge in [-0.2, -0.15) is 13.2 Å². The number of hydrogen-bond donors (Lipinski definition) is 0. The van der Waals surface area contributed by atoms with Crippen LogP contribution in [0.2, 0.25) is 0 Å². The van der Waals surface area contributed by atoms with E-state index in [2.05, 4.69) is 9.88 Å². The van der Waals surface area contributed by atoms with Gasteiger partial charge >= 0.3 is 6.18 Å². The summed E-state index contributed by atoms with van der Waals surface area (Å²) in [6.07, 6.45) is -1.21. The van der Waals surface area contributed by atoms with Crippen LogP contribution in [0.15, 0.2) is 18.3 Å². The molecule has 0 bridgehead atoms. The van der Waals surface area contributed by atoms with E-state index in [-0.39, 0.29) is 17.3 Å². The highest BCUT2D eigenvalue weighted by atomic mass is 19.4. The second-order valence-electron chi connectivity index (χ2n) is 7.01. The van der Waals surface area contributed by atoms with Gasteiger partial charge in [0.05, 0.1) is 5.56 Å². The fourth-order valence-corrected chi connectivity index (χ4v) is 3.81. The number of piperazine rings is 1. The number of carbonyl (C=O) groups is 1. The Bertz CT molecular complexity index is 651. The molecule has 0 saturated carbocycles. The van der Waals surface area contributed by atoms with Crippen molar-refractivity contribution in [1.29, 1.82) is 0 Å². The number of nitrogens with zero attached hydrogens (tertiary/aromatic N) is 4. The predicted octanol–water partition coefficient (Wildman–Crippen LogP) is 2.23. The summed E-state index contributed by atoms with van der Waals surface area (Å²) < 4.78 is 40.1.